The number of aryl methyl sites for hydroxylation is 2. The van der Waals surface area contributed by atoms with Crippen LogP contribution < -0.4 is 20.7 Å². The van der Waals surface area contributed by atoms with Gasteiger partial charge in [0, 0.05) is 30.0 Å². The molecule has 0 bridgehead atoms. The van der Waals surface area contributed by atoms with Crippen LogP contribution in [0.2, 0.25) is 0 Å². The number of carbonyl (C=O) groups is 1. The van der Waals surface area contributed by atoms with Crippen molar-refractivity contribution in [1.82, 2.24) is 20.3 Å². The predicted octanol–water partition coefficient (Wildman–Crippen LogP) is 4.37. The third-order valence-electron chi connectivity index (χ3n) is 5.50. The van der Waals surface area contributed by atoms with Crippen molar-refractivity contribution < 1.29 is 19.4 Å². The Bertz CT molecular complexity index is 1230. The van der Waals surface area contributed by atoms with Gasteiger partial charge >= 0.3 is 0 Å². The van der Waals surface area contributed by atoms with Crippen molar-refractivity contribution in [3.05, 3.63) is 65.2 Å². The molecule has 4 N–H and O–H groups in total. The van der Waals surface area contributed by atoms with E-state index in [9.17, 15) is 4.79 Å². The molecule has 0 radical (unpaired) electrons. The van der Waals surface area contributed by atoms with Crippen LogP contribution in [0.3, 0.4) is 0 Å². The van der Waals surface area contributed by atoms with E-state index in [1.54, 1.807) is 6.20 Å². The minimum Gasteiger partial charge on any atom is -0.455 e. The molecule has 10 nitrogen and oxygen atoms in total. The monoisotopic (exact) mass is 520 g/mol. The maximum Gasteiger partial charge on any atom is 0.247 e. The van der Waals surface area contributed by atoms with Gasteiger partial charge in [-0.05, 0) is 62.2 Å². The molecule has 0 atom stereocenters. The number of benzene rings is 1. The number of carbonyl (C=O) groups excluding carboxylic acids is 1. The van der Waals surface area contributed by atoms with E-state index < -0.39 is 0 Å². The van der Waals surface area contributed by atoms with Gasteiger partial charge in [0.05, 0.1) is 31.6 Å². The molecule has 0 fully saturated rings. The summed E-state index contributed by atoms with van der Waals surface area (Å²) in [5, 5.41) is 18.2. The van der Waals surface area contributed by atoms with Crippen LogP contribution in [-0.2, 0) is 9.53 Å². The predicted molar refractivity (Wildman–Crippen MR) is 149 cm³/mol. The van der Waals surface area contributed by atoms with E-state index in [-0.39, 0.29) is 19.1 Å². The summed E-state index contributed by atoms with van der Waals surface area (Å²) in [6.07, 6.45) is 5.54. The quantitative estimate of drug-likeness (QED) is 0.288. The lowest BCUT2D eigenvalue weighted by molar-refractivity contribution is -0.117. The molecule has 3 heterocycles. The fraction of sp³-hybridized carbons (Fsp3) is 0.357. The van der Waals surface area contributed by atoms with Gasteiger partial charge in [0.15, 0.2) is 0 Å². The summed E-state index contributed by atoms with van der Waals surface area (Å²) < 4.78 is 11.2. The molecule has 38 heavy (non-hydrogen) atoms. The maximum atomic E-state index is 12.7. The zero-order valence-corrected chi connectivity index (χ0v) is 22.4. The second-order valence-corrected chi connectivity index (χ2v) is 8.27. The molecule has 0 aliphatic carbocycles. The molecule has 1 amide bonds. The number of hydrogen-bond acceptors (Lipinski definition) is 9. The number of aliphatic hydroxyl groups is 1. The molecular formula is C28H36N6O4. The van der Waals surface area contributed by atoms with E-state index in [0.717, 1.165) is 22.7 Å². The average Bonchev–Trinajstić information content (AvgIpc) is 3.16. The Kier molecular flexibility index (Phi) is 11.0. The van der Waals surface area contributed by atoms with Gasteiger partial charge in [-0.15, -0.1) is 0 Å². The van der Waals surface area contributed by atoms with Crippen molar-refractivity contribution in [3.63, 3.8) is 0 Å². The van der Waals surface area contributed by atoms with E-state index in [0.29, 0.717) is 54.6 Å². The molecule has 202 valence electrons. The van der Waals surface area contributed by atoms with Gasteiger partial charge in [-0.25, -0.2) is 9.97 Å². The number of amides is 1. The smallest absolute Gasteiger partial charge is 0.247 e. The van der Waals surface area contributed by atoms with E-state index in [1.165, 1.54) is 6.33 Å². The van der Waals surface area contributed by atoms with E-state index in [1.807, 2.05) is 64.1 Å². The van der Waals surface area contributed by atoms with Gasteiger partial charge < -0.3 is 30.5 Å². The molecule has 1 aliphatic rings. The summed E-state index contributed by atoms with van der Waals surface area (Å²) in [5.74, 6) is 2.48. The number of pyridine rings is 1. The summed E-state index contributed by atoms with van der Waals surface area (Å²) in [7, 11) is 0. The third kappa shape index (κ3) is 7.99. The summed E-state index contributed by atoms with van der Waals surface area (Å²) in [6, 6.07) is 9.57. The van der Waals surface area contributed by atoms with Crippen LogP contribution in [0.5, 0.6) is 11.5 Å². The maximum absolute atomic E-state index is 12.7. The van der Waals surface area contributed by atoms with Gasteiger partial charge in [-0.2, -0.15) is 0 Å². The molecule has 0 spiro atoms. The van der Waals surface area contributed by atoms with E-state index >= 15 is 0 Å². The van der Waals surface area contributed by atoms with Crippen molar-refractivity contribution in [1.29, 1.82) is 0 Å². The molecule has 3 aromatic rings. The molecule has 2 aromatic heterocycles. The van der Waals surface area contributed by atoms with Crippen LogP contribution in [0, 0.1) is 13.8 Å². The van der Waals surface area contributed by atoms with Crippen molar-refractivity contribution in [3.8, 4) is 11.5 Å². The van der Waals surface area contributed by atoms with Gasteiger partial charge in [-0.1, -0.05) is 13.8 Å². The first-order valence-electron chi connectivity index (χ1n) is 12.8. The molecule has 0 unspecified atom stereocenters. The minimum atomic E-state index is -0.171. The highest BCUT2D eigenvalue weighted by atomic mass is 16.5. The summed E-state index contributed by atoms with van der Waals surface area (Å²) in [4.78, 5) is 25.8. The van der Waals surface area contributed by atoms with Gasteiger partial charge in [0.1, 0.15) is 29.5 Å². The zero-order valence-electron chi connectivity index (χ0n) is 22.4. The summed E-state index contributed by atoms with van der Waals surface area (Å²) in [5.41, 5.74) is 4.03. The number of fused-ring (bicyclic) bond motifs is 1. The number of aromatic nitrogens is 3. The normalized spacial score (nSPS) is 12.1. The Balaban J connectivity index is 0.00000195. The second-order valence-electron chi connectivity index (χ2n) is 8.27. The third-order valence-corrected chi connectivity index (χ3v) is 5.50. The van der Waals surface area contributed by atoms with Crippen LogP contribution in [-0.4, -0.2) is 58.9 Å². The largest absolute Gasteiger partial charge is 0.455 e. The second kappa shape index (κ2) is 14.7. The highest BCUT2D eigenvalue weighted by Gasteiger charge is 2.18. The molecular weight excluding hydrogens is 484 g/mol. The van der Waals surface area contributed by atoms with Crippen LogP contribution in [0.1, 0.15) is 37.1 Å². The molecule has 1 aromatic carbocycles. The highest BCUT2D eigenvalue weighted by Crippen LogP contribution is 2.31. The SMILES string of the molecule is CC.Cc1ccc(Oc2ccc(Nc3ncnc4c3C=C(C(=O)NCCOCCO)CCN4)cc2C)cn1. The van der Waals surface area contributed by atoms with Crippen molar-refractivity contribution in [2.45, 2.75) is 34.1 Å². The lowest BCUT2D eigenvalue weighted by Gasteiger charge is -2.14. The van der Waals surface area contributed by atoms with E-state index in [4.69, 9.17) is 14.6 Å². The molecule has 4 rings (SSSR count). The lowest BCUT2D eigenvalue weighted by Crippen LogP contribution is -2.29. The van der Waals surface area contributed by atoms with Crippen molar-refractivity contribution >= 4 is 29.3 Å². The number of anilines is 3. The summed E-state index contributed by atoms with van der Waals surface area (Å²) >= 11 is 0. The van der Waals surface area contributed by atoms with Gasteiger partial charge in [0.2, 0.25) is 5.91 Å². The molecule has 1 aliphatic heterocycles. The Morgan fingerprint density at radius 1 is 1.11 bits per heavy atom. The Morgan fingerprint density at radius 2 is 1.95 bits per heavy atom. The number of hydrogen-bond donors (Lipinski definition) is 4. The standard InChI is InChI=1S/C26H30N6O4.C2H6/c1-17-13-20(4-6-23(17)36-21-5-3-18(2)29-15-21)32-25-22-14-19(7-8-27-24(22)30-16-31-25)26(34)28-9-11-35-12-10-33;1-2/h3-6,13-16,33H,7-12H2,1-2H3,(H,28,34)(H2,27,30,31,32);1-2H3. The Labute approximate surface area is 223 Å². The van der Waals surface area contributed by atoms with Crippen LogP contribution in [0.15, 0.2) is 48.4 Å². The lowest BCUT2D eigenvalue weighted by atomic mass is 10.1. The summed E-state index contributed by atoms with van der Waals surface area (Å²) in [6.45, 7) is 9.37. The molecule has 0 saturated heterocycles. The number of nitrogens with zero attached hydrogens (tertiary/aromatic N) is 3. The highest BCUT2D eigenvalue weighted by molar-refractivity contribution is 6.00. The van der Waals surface area contributed by atoms with Crippen LogP contribution in [0.4, 0.5) is 17.3 Å². The fourth-order valence-electron chi connectivity index (χ4n) is 3.65. The first-order valence-corrected chi connectivity index (χ1v) is 12.8. The fourth-order valence-corrected chi connectivity index (χ4v) is 3.65. The van der Waals surface area contributed by atoms with Crippen LogP contribution in [0.25, 0.3) is 6.08 Å². The van der Waals surface area contributed by atoms with Gasteiger partial charge in [0.25, 0.3) is 0 Å². The topological polar surface area (TPSA) is 131 Å². The molecule has 10 heteroatoms. The van der Waals surface area contributed by atoms with Crippen molar-refractivity contribution in [2.24, 2.45) is 0 Å². The number of aliphatic hydroxyl groups excluding tert-OH is 1. The van der Waals surface area contributed by atoms with Gasteiger partial charge in [-0.3, -0.25) is 9.78 Å². The number of nitrogens with one attached hydrogen (secondary N) is 3. The minimum absolute atomic E-state index is 0.0448. The van der Waals surface area contributed by atoms with Crippen LogP contribution >= 0.6 is 0 Å². The average molecular weight is 521 g/mol. The van der Waals surface area contributed by atoms with E-state index in [2.05, 4.69) is 30.9 Å². The van der Waals surface area contributed by atoms with Crippen molar-refractivity contribution in [2.75, 3.05) is 43.5 Å². The molecule has 0 saturated carbocycles. The first-order chi connectivity index (χ1) is 18.5. The number of rotatable bonds is 10. The number of ether oxygens (including phenoxy) is 2. The Morgan fingerprint density at radius 3 is 2.68 bits per heavy atom. The first kappa shape index (κ1) is 28.5. The Hall–Kier alpha value is -4.02. The zero-order chi connectivity index (χ0) is 27.3.